The highest BCUT2D eigenvalue weighted by atomic mass is 32.2. The molecular weight excluding hydrogens is 242 g/mol. The van der Waals surface area contributed by atoms with Crippen LogP contribution in [-0.4, -0.2) is 61.5 Å². The summed E-state index contributed by atoms with van der Waals surface area (Å²) in [5.41, 5.74) is 5.76. The first-order valence-corrected chi connectivity index (χ1v) is 7.45. The Kier molecular flexibility index (Phi) is 3.74. The number of hydrogen-bond acceptors (Lipinski definition) is 4. The van der Waals surface area contributed by atoms with Crippen LogP contribution >= 0.6 is 0 Å². The Morgan fingerprint density at radius 1 is 1.12 bits per heavy atom. The van der Waals surface area contributed by atoms with Gasteiger partial charge in [0.25, 0.3) is 10.2 Å². The van der Waals surface area contributed by atoms with Gasteiger partial charge in [-0.2, -0.15) is 17.0 Å². The Hall–Kier alpha value is -0.210. The standard InChI is InChI=1S/C10H21N3O3S/c1-8-5-13(6-9(2)16-8)17(14,15)12-4-3-10(11)7-12/h8-10H,3-7,11H2,1-2H3/t8-,9-,10+/m0/s1. The molecule has 0 aromatic rings. The average Bonchev–Trinajstić information content (AvgIpc) is 2.64. The topological polar surface area (TPSA) is 75.9 Å². The molecule has 2 N–H and O–H groups in total. The number of rotatable bonds is 2. The van der Waals surface area contributed by atoms with Crippen molar-refractivity contribution in [2.24, 2.45) is 5.73 Å². The largest absolute Gasteiger partial charge is 0.373 e. The van der Waals surface area contributed by atoms with E-state index in [0.29, 0.717) is 26.2 Å². The summed E-state index contributed by atoms with van der Waals surface area (Å²) in [7, 11) is -3.35. The number of ether oxygens (including phenoxy) is 1. The smallest absolute Gasteiger partial charge is 0.282 e. The minimum absolute atomic E-state index is 0.0272. The van der Waals surface area contributed by atoms with E-state index in [1.807, 2.05) is 13.8 Å². The van der Waals surface area contributed by atoms with Crippen molar-refractivity contribution in [1.82, 2.24) is 8.61 Å². The van der Waals surface area contributed by atoms with E-state index in [9.17, 15) is 8.42 Å². The molecule has 2 saturated heterocycles. The Morgan fingerprint density at radius 2 is 1.71 bits per heavy atom. The molecule has 2 aliphatic rings. The SMILES string of the molecule is C[C@H]1CN(S(=O)(=O)N2CC[C@@H](N)C2)C[C@H](C)O1. The second-order valence-electron chi connectivity index (χ2n) is 4.99. The summed E-state index contributed by atoms with van der Waals surface area (Å²) in [4.78, 5) is 0. The van der Waals surface area contributed by atoms with E-state index < -0.39 is 10.2 Å². The van der Waals surface area contributed by atoms with Crippen LogP contribution in [0.25, 0.3) is 0 Å². The molecule has 3 atom stereocenters. The molecule has 0 amide bonds. The summed E-state index contributed by atoms with van der Waals surface area (Å²) >= 11 is 0. The maximum Gasteiger partial charge on any atom is 0.282 e. The fraction of sp³-hybridized carbons (Fsp3) is 1.00. The van der Waals surface area contributed by atoms with Crippen LogP contribution in [0.1, 0.15) is 20.3 Å². The molecule has 2 aliphatic heterocycles. The van der Waals surface area contributed by atoms with Gasteiger partial charge in [-0.25, -0.2) is 0 Å². The minimum Gasteiger partial charge on any atom is -0.373 e. The lowest BCUT2D eigenvalue weighted by atomic mass is 10.3. The highest BCUT2D eigenvalue weighted by molar-refractivity contribution is 7.86. The third-order valence-corrected chi connectivity index (χ3v) is 5.16. The van der Waals surface area contributed by atoms with Gasteiger partial charge in [-0.05, 0) is 20.3 Å². The van der Waals surface area contributed by atoms with Crippen molar-refractivity contribution in [2.45, 2.75) is 38.5 Å². The van der Waals surface area contributed by atoms with Crippen molar-refractivity contribution in [1.29, 1.82) is 0 Å². The Bertz CT molecular complexity index is 363. The number of morpholine rings is 1. The fourth-order valence-corrected chi connectivity index (χ4v) is 4.29. The highest BCUT2D eigenvalue weighted by Gasteiger charge is 2.37. The molecular formula is C10H21N3O3S. The summed E-state index contributed by atoms with van der Waals surface area (Å²) in [6, 6.07) is -0.0272. The molecule has 2 fully saturated rings. The van der Waals surface area contributed by atoms with Gasteiger partial charge < -0.3 is 10.5 Å². The number of nitrogens with zero attached hydrogens (tertiary/aromatic N) is 2. The van der Waals surface area contributed by atoms with Gasteiger partial charge in [-0.3, -0.25) is 0 Å². The summed E-state index contributed by atoms with van der Waals surface area (Å²) in [6.07, 6.45) is 0.642. The normalized spacial score (nSPS) is 37.5. The van der Waals surface area contributed by atoms with Crippen LogP contribution in [0.2, 0.25) is 0 Å². The zero-order chi connectivity index (χ0) is 12.6. The van der Waals surface area contributed by atoms with E-state index in [1.165, 1.54) is 8.61 Å². The molecule has 0 aliphatic carbocycles. The lowest BCUT2D eigenvalue weighted by molar-refractivity contribution is -0.0453. The summed E-state index contributed by atoms with van der Waals surface area (Å²) in [5, 5.41) is 0. The molecule has 17 heavy (non-hydrogen) atoms. The number of hydrogen-bond donors (Lipinski definition) is 1. The molecule has 0 aromatic heterocycles. The molecule has 6 nitrogen and oxygen atoms in total. The number of nitrogens with two attached hydrogens (primary N) is 1. The molecule has 0 aromatic carbocycles. The molecule has 100 valence electrons. The van der Waals surface area contributed by atoms with Crippen LogP contribution in [0, 0.1) is 0 Å². The van der Waals surface area contributed by atoms with E-state index in [4.69, 9.17) is 10.5 Å². The maximum absolute atomic E-state index is 12.4. The van der Waals surface area contributed by atoms with Crippen LogP contribution < -0.4 is 5.73 Å². The van der Waals surface area contributed by atoms with Crippen molar-refractivity contribution in [2.75, 3.05) is 26.2 Å². The van der Waals surface area contributed by atoms with Gasteiger partial charge in [-0.15, -0.1) is 0 Å². The lowest BCUT2D eigenvalue weighted by Gasteiger charge is -2.36. The maximum atomic E-state index is 12.4. The van der Waals surface area contributed by atoms with Gasteiger partial charge in [0.1, 0.15) is 0 Å². The van der Waals surface area contributed by atoms with Gasteiger partial charge in [0.15, 0.2) is 0 Å². The monoisotopic (exact) mass is 263 g/mol. The molecule has 0 radical (unpaired) electrons. The molecule has 2 rings (SSSR count). The highest BCUT2D eigenvalue weighted by Crippen LogP contribution is 2.20. The molecule has 2 heterocycles. The van der Waals surface area contributed by atoms with Crippen LogP contribution in [0.3, 0.4) is 0 Å². The second kappa shape index (κ2) is 4.81. The molecule has 0 unspecified atom stereocenters. The minimum atomic E-state index is -3.35. The van der Waals surface area contributed by atoms with Gasteiger partial charge in [0.05, 0.1) is 12.2 Å². The van der Waals surface area contributed by atoms with E-state index >= 15 is 0 Å². The summed E-state index contributed by atoms with van der Waals surface area (Å²) in [5.74, 6) is 0. The van der Waals surface area contributed by atoms with Crippen LogP contribution in [-0.2, 0) is 14.9 Å². The second-order valence-corrected chi connectivity index (χ2v) is 6.92. The van der Waals surface area contributed by atoms with Crippen molar-refractivity contribution in [3.05, 3.63) is 0 Å². The predicted molar refractivity (Wildman–Crippen MR) is 64.7 cm³/mol. The third kappa shape index (κ3) is 2.79. The van der Waals surface area contributed by atoms with Gasteiger partial charge in [0.2, 0.25) is 0 Å². The molecule has 0 spiro atoms. The van der Waals surface area contributed by atoms with Gasteiger partial charge in [0, 0.05) is 32.2 Å². The molecule has 7 heteroatoms. The molecule has 0 saturated carbocycles. The Morgan fingerprint density at radius 3 is 2.18 bits per heavy atom. The van der Waals surface area contributed by atoms with E-state index in [1.54, 1.807) is 0 Å². The van der Waals surface area contributed by atoms with Crippen molar-refractivity contribution in [3.8, 4) is 0 Å². The quantitative estimate of drug-likeness (QED) is 0.720. The fourth-order valence-electron chi connectivity index (χ4n) is 2.45. The molecule has 0 bridgehead atoms. The van der Waals surface area contributed by atoms with Crippen molar-refractivity contribution < 1.29 is 13.2 Å². The first-order chi connectivity index (χ1) is 7.89. The lowest BCUT2D eigenvalue weighted by Crippen LogP contribution is -2.52. The summed E-state index contributed by atoms with van der Waals surface area (Å²) < 4.78 is 33.3. The van der Waals surface area contributed by atoms with Gasteiger partial charge >= 0.3 is 0 Å². The van der Waals surface area contributed by atoms with E-state index in [2.05, 4.69) is 0 Å². The zero-order valence-electron chi connectivity index (χ0n) is 10.4. The van der Waals surface area contributed by atoms with Crippen LogP contribution in [0.15, 0.2) is 0 Å². The first-order valence-electron chi connectivity index (χ1n) is 6.06. The van der Waals surface area contributed by atoms with Crippen molar-refractivity contribution >= 4 is 10.2 Å². The zero-order valence-corrected chi connectivity index (χ0v) is 11.2. The van der Waals surface area contributed by atoms with E-state index in [0.717, 1.165) is 6.42 Å². The van der Waals surface area contributed by atoms with Crippen LogP contribution in [0.4, 0.5) is 0 Å². The average molecular weight is 263 g/mol. The Labute approximate surface area is 103 Å². The third-order valence-electron chi connectivity index (χ3n) is 3.23. The van der Waals surface area contributed by atoms with E-state index in [-0.39, 0.29) is 18.2 Å². The van der Waals surface area contributed by atoms with Crippen molar-refractivity contribution in [3.63, 3.8) is 0 Å². The Balaban J connectivity index is 2.09. The first kappa shape index (κ1) is 13.2. The van der Waals surface area contributed by atoms with Crippen LogP contribution in [0.5, 0.6) is 0 Å². The predicted octanol–water partition coefficient (Wildman–Crippen LogP) is -0.627. The van der Waals surface area contributed by atoms with Gasteiger partial charge in [-0.1, -0.05) is 0 Å². The summed E-state index contributed by atoms with van der Waals surface area (Å²) in [6.45, 7) is 5.62.